The molecule has 1 aromatic rings. The van der Waals surface area contributed by atoms with E-state index in [9.17, 15) is 4.57 Å². The van der Waals surface area contributed by atoms with Gasteiger partial charge in [-0.05, 0) is 12.1 Å². The van der Waals surface area contributed by atoms with Gasteiger partial charge in [-0.25, -0.2) is 0 Å². The highest BCUT2D eigenvalue weighted by Crippen LogP contribution is 2.32. The van der Waals surface area contributed by atoms with Gasteiger partial charge >= 0.3 is 9.02 Å². The zero-order valence-electron chi connectivity index (χ0n) is 6.14. The van der Waals surface area contributed by atoms with Gasteiger partial charge in [0.25, 0.3) is 0 Å². The zero-order valence-corrected chi connectivity index (χ0v) is 6.03. The van der Waals surface area contributed by atoms with Crippen molar-refractivity contribution in [2.45, 2.75) is 0 Å². The van der Waals surface area contributed by atoms with E-state index in [1.807, 2.05) is 0 Å². The van der Waals surface area contributed by atoms with Gasteiger partial charge in [0.1, 0.15) is 0 Å². The first-order valence-electron chi connectivity index (χ1n) is 2.72. The summed E-state index contributed by atoms with van der Waals surface area (Å²) in [6.45, 7) is 0. The normalized spacial score (nSPS) is 11.4. The first-order chi connectivity index (χ1) is 4.61. The van der Waals surface area contributed by atoms with E-state index < -0.39 is 7.60 Å². The van der Waals surface area contributed by atoms with Crippen LogP contribution in [0.15, 0.2) is 30.3 Å². The van der Waals surface area contributed by atoms with E-state index in [0.29, 0.717) is 0 Å². The second-order valence-corrected chi connectivity index (χ2v) is 3.48. The van der Waals surface area contributed by atoms with Gasteiger partial charge in [0.05, 0.1) is 5.30 Å². The van der Waals surface area contributed by atoms with Gasteiger partial charge in [-0.2, -0.15) is 0 Å². The lowest BCUT2D eigenvalue weighted by Crippen LogP contribution is -2.01. The summed E-state index contributed by atoms with van der Waals surface area (Å²) in [7, 11) is -4.02. The summed E-state index contributed by atoms with van der Waals surface area (Å²) in [6, 6.07) is 7.70. The van der Waals surface area contributed by atoms with Crippen LogP contribution in [0.1, 0.15) is 1.43 Å². The summed E-state index contributed by atoms with van der Waals surface area (Å²) in [4.78, 5) is 17.2. The Bertz CT molecular complexity index is 256. The Morgan fingerprint density at radius 3 is 2.00 bits per heavy atom. The third kappa shape index (κ3) is 1.67. The molecule has 0 radical (unpaired) electrons. The maximum Gasteiger partial charge on any atom is 1.00 e. The fourth-order valence-corrected chi connectivity index (χ4v) is 1.18. The molecule has 4 heteroatoms. The zero-order chi connectivity index (χ0) is 7.61. The minimum absolute atomic E-state index is 0. The second-order valence-electron chi connectivity index (χ2n) is 1.88. The molecular weight excluding hydrogens is 151 g/mol. The molecule has 0 spiro atoms. The van der Waals surface area contributed by atoms with Crippen LogP contribution in [-0.2, 0) is 4.57 Å². The van der Waals surface area contributed by atoms with Gasteiger partial charge in [-0.15, -0.1) is 0 Å². The molecule has 10 heavy (non-hydrogen) atoms. The van der Waals surface area contributed by atoms with Crippen LogP contribution in [0, 0.1) is 0 Å². The fraction of sp³-hybridized carbons (Fsp3) is 0. The van der Waals surface area contributed by atoms with E-state index in [2.05, 4.69) is 0 Å². The molecule has 0 aliphatic heterocycles. The van der Waals surface area contributed by atoms with Crippen LogP contribution in [-0.4, -0.2) is 9.79 Å². The quantitative estimate of drug-likeness (QED) is 0.590. The van der Waals surface area contributed by atoms with Crippen molar-refractivity contribution in [1.29, 1.82) is 0 Å². The highest BCUT2D eigenvalue weighted by atomic mass is 31.2. The van der Waals surface area contributed by atoms with Gasteiger partial charge < -0.3 is 9.79 Å². The van der Waals surface area contributed by atoms with E-state index in [-0.39, 0.29) is 6.73 Å². The molecular formula is C6H8O3P+. The molecule has 0 aliphatic rings. The molecule has 3 nitrogen and oxygen atoms in total. The third-order valence-electron chi connectivity index (χ3n) is 1.09. The maximum absolute atomic E-state index is 10.5. The highest BCUT2D eigenvalue weighted by molar-refractivity contribution is 7.60. The fourth-order valence-electron chi connectivity index (χ4n) is 0.622. The molecule has 0 bridgehead atoms. The molecule has 0 fully saturated rings. The van der Waals surface area contributed by atoms with Crippen molar-refractivity contribution in [2.24, 2.45) is 0 Å². The van der Waals surface area contributed by atoms with E-state index in [1.165, 1.54) is 12.1 Å². The monoisotopic (exact) mass is 159 g/mol. The molecule has 0 saturated carbocycles. The maximum atomic E-state index is 10.5. The molecule has 54 valence electrons. The van der Waals surface area contributed by atoms with Gasteiger partial charge in [0.2, 0.25) is 0 Å². The topological polar surface area (TPSA) is 57.5 Å². The summed E-state index contributed by atoms with van der Waals surface area (Å²) < 4.78 is 10.5. The van der Waals surface area contributed by atoms with E-state index in [0.717, 1.165) is 0 Å². The average Bonchev–Trinajstić information content (AvgIpc) is 1.88. The van der Waals surface area contributed by atoms with Crippen molar-refractivity contribution < 1.29 is 15.8 Å². The van der Waals surface area contributed by atoms with Crippen LogP contribution in [0.2, 0.25) is 0 Å². The van der Waals surface area contributed by atoms with Crippen LogP contribution in [0.4, 0.5) is 0 Å². The molecule has 1 aromatic carbocycles. The summed E-state index contributed by atoms with van der Waals surface area (Å²) in [5.41, 5.74) is 0. The van der Waals surface area contributed by atoms with Crippen molar-refractivity contribution in [3.8, 4) is 0 Å². The molecule has 1 rings (SSSR count). The van der Waals surface area contributed by atoms with Crippen molar-refractivity contribution in [1.82, 2.24) is 0 Å². The lowest BCUT2D eigenvalue weighted by Gasteiger charge is -2.00. The van der Waals surface area contributed by atoms with Crippen LogP contribution >= 0.6 is 7.60 Å². The smallest absolute Gasteiger partial charge is 0.321 e. The first kappa shape index (κ1) is 7.48. The lowest BCUT2D eigenvalue weighted by molar-refractivity contribution is 0.387. The Morgan fingerprint density at radius 2 is 1.70 bits per heavy atom. The Morgan fingerprint density at radius 1 is 1.20 bits per heavy atom. The Labute approximate surface area is 60.0 Å². The van der Waals surface area contributed by atoms with Gasteiger partial charge in [-0.1, -0.05) is 18.2 Å². The van der Waals surface area contributed by atoms with E-state index in [1.54, 1.807) is 18.2 Å². The number of hydrogen-bond donors (Lipinski definition) is 2. The predicted molar refractivity (Wildman–Crippen MR) is 39.2 cm³/mol. The van der Waals surface area contributed by atoms with Gasteiger partial charge in [0.15, 0.2) is 0 Å². The summed E-state index contributed by atoms with van der Waals surface area (Å²) in [6.07, 6.45) is 0. The van der Waals surface area contributed by atoms with Crippen molar-refractivity contribution in [3.05, 3.63) is 30.3 Å². The van der Waals surface area contributed by atoms with Crippen LogP contribution in [0.25, 0.3) is 0 Å². The van der Waals surface area contributed by atoms with Gasteiger partial charge in [-0.3, -0.25) is 4.57 Å². The van der Waals surface area contributed by atoms with Crippen molar-refractivity contribution in [3.63, 3.8) is 0 Å². The molecule has 0 aromatic heterocycles. The largest absolute Gasteiger partial charge is 1.00 e. The molecule has 0 saturated heterocycles. The third-order valence-corrected chi connectivity index (χ3v) is 2.06. The molecule has 2 N–H and O–H groups in total. The van der Waals surface area contributed by atoms with Crippen LogP contribution in [0.3, 0.4) is 0 Å². The van der Waals surface area contributed by atoms with E-state index >= 15 is 0 Å². The predicted octanol–water partition coefficient (Wildman–Crippen LogP) is 0.602. The van der Waals surface area contributed by atoms with Crippen LogP contribution < -0.4 is 5.30 Å². The SMILES string of the molecule is O=P(O)(O)c1ccccc1.[H+]. The van der Waals surface area contributed by atoms with Crippen molar-refractivity contribution >= 4 is 12.9 Å². The number of benzene rings is 1. The molecule has 0 aliphatic carbocycles. The lowest BCUT2D eigenvalue weighted by atomic mass is 10.4. The van der Waals surface area contributed by atoms with Crippen LogP contribution in [0.5, 0.6) is 0 Å². The van der Waals surface area contributed by atoms with Crippen molar-refractivity contribution in [2.75, 3.05) is 0 Å². The highest BCUT2D eigenvalue weighted by Gasteiger charge is 2.14. The molecule has 0 unspecified atom stereocenters. The number of hydrogen-bond acceptors (Lipinski definition) is 1. The Hall–Kier alpha value is -0.630. The standard InChI is InChI=1S/C6H7O3P/c7-10(8,9)6-4-2-1-3-5-6/h1-5H,(H2,7,8,9)/p+1. The number of rotatable bonds is 1. The summed E-state index contributed by atoms with van der Waals surface area (Å²) in [5.74, 6) is 0. The minimum atomic E-state index is -4.02. The van der Waals surface area contributed by atoms with Gasteiger partial charge in [0, 0.05) is 0 Å². The first-order valence-corrected chi connectivity index (χ1v) is 4.33. The molecule has 0 heterocycles. The average molecular weight is 159 g/mol. The Balaban J connectivity index is 0.000001000. The molecule has 0 amide bonds. The summed E-state index contributed by atoms with van der Waals surface area (Å²) >= 11 is 0. The Kier molecular flexibility index (Phi) is 1.90. The minimum Gasteiger partial charge on any atom is -0.321 e. The van der Waals surface area contributed by atoms with E-state index in [4.69, 9.17) is 9.79 Å². The molecule has 0 atom stereocenters. The summed E-state index contributed by atoms with van der Waals surface area (Å²) in [5, 5.41) is 0.0648. The second kappa shape index (κ2) is 2.54.